The molecule has 0 spiro atoms. The van der Waals surface area contributed by atoms with E-state index in [-0.39, 0.29) is 7.43 Å². The lowest BCUT2D eigenvalue weighted by atomic mass is 10.2. The van der Waals surface area contributed by atoms with Crippen molar-refractivity contribution in [1.82, 2.24) is 0 Å². The van der Waals surface area contributed by atoms with Gasteiger partial charge in [-0.2, -0.15) is 5.26 Å². The van der Waals surface area contributed by atoms with Crippen LogP contribution in [0.4, 0.5) is 0 Å². The molecule has 0 atom stereocenters. The predicted octanol–water partition coefficient (Wildman–Crippen LogP) is 3.42. The van der Waals surface area contributed by atoms with Crippen LogP contribution in [0.25, 0.3) is 4.85 Å². The molecule has 0 bridgehead atoms. The van der Waals surface area contributed by atoms with E-state index in [1.807, 2.05) is 6.08 Å². The fourth-order valence-corrected chi connectivity index (χ4v) is 1.83. The second-order valence-electron chi connectivity index (χ2n) is 4.03. The minimum Gasteiger partial charge on any atom is -0.324 e. The Kier molecular flexibility index (Phi) is 6.46. The Morgan fingerprint density at radius 2 is 2.00 bits per heavy atom. The molecule has 2 aliphatic carbocycles. The second kappa shape index (κ2) is 7.04. The van der Waals surface area contributed by atoms with Crippen molar-refractivity contribution in [1.29, 1.82) is 5.26 Å². The summed E-state index contributed by atoms with van der Waals surface area (Å²) in [7, 11) is 0. The molecule has 3 nitrogen and oxygen atoms in total. The summed E-state index contributed by atoms with van der Waals surface area (Å²) in [6, 6.07) is 2.12. The standard InChI is InChI=1S/C6H9NO.C6H7N.CH4/c1-7-6(8)4-2-3-5-6;7-5-6-3-1-2-4-6;/h8H,2-5H2;3H,1-2,4H2;1H4. The van der Waals surface area contributed by atoms with Gasteiger partial charge in [0.05, 0.1) is 18.9 Å². The van der Waals surface area contributed by atoms with Crippen LogP contribution in [0, 0.1) is 17.9 Å². The minimum absolute atomic E-state index is 0. The third-order valence-electron chi connectivity index (χ3n) is 2.80. The summed E-state index contributed by atoms with van der Waals surface area (Å²) in [6.07, 6.45) is 8.70. The quantitative estimate of drug-likeness (QED) is 0.636. The fourth-order valence-electron chi connectivity index (χ4n) is 1.83. The van der Waals surface area contributed by atoms with Gasteiger partial charge in [-0.15, -0.1) is 0 Å². The van der Waals surface area contributed by atoms with Gasteiger partial charge < -0.3 is 5.11 Å². The van der Waals surface area contributed by atoms with Gasteiger partial charge in [0, 0.05) is 5.57 Å². The van der Waals surface area contributed by atoms with E-state index in [9.17, 15) is 0 Å². The van der Waals surface area contributed by atoms with Crippen LogP contribution in [0.1, 0.15) is 52.4 Å². The van der Waals surface area contributed by atoms with E-state index in [1.54, 1.807) is 0 Å². The number of hydrogen-bond acceptors (Lipinski definition) is 2. The predicted molar refractivity (Wildman–Crippen MR) is 64.3 cm³/mol. The van der Waals surface area contributed by atoms with Crippen molar-refractivity contribution >= 4 is 0 Å². The molecule has 1 saturated carbocycles. The molecule has 0 unspecified atom stereocenters. The molecule has 1 fully saturated rings. The first-order valence-electron chi connectivity index (χ1n) is 5.40. The Labute approximate surface area is 98.2 Å². The molecular weight excluding hydrogens is 200 g/mol. The number of hydrogen-bond donors (Lipinski definition) is 1. The molecular formula is C13H20N2O. The molecule has 2 rings (SSSR count). The van der Waals surface area contributed by atoms with Crippen LogP contribution in [-0.4, -0.2) is 10.8 Å². The fraction of sp³-hybridized carbons (Fsp3) is 0.692. The number of aliphatic hydroxyl groups is 1. The number of allylic oxidation sites excluding steroid dienone is 2. The maximum Gasteiger partial charge on any atom is 0.334 e. The van der Waals surface area contributed by atoms with Crippen molar-refractivity contribution in [2.75, 3.05) is 0 Å². The number of rotatable bonds is 0. The first kappa shape index (κ1) is 14.7. The summed E-state index contributed by atoms with van der Waals surface area (Å²) in [6.45, 7) is 6.57. The van der Waals surface area contributed by atoms with Gasteiger partial charge in [0.25, 0.3) is 0 Å². The molecule has 0 aliphatic heterocycles. The van der Waals surface area contributed by atoms with Crippen LogP contribution in [0.2, 0.25) is 0 Å². The van der Waals surface area contributed by atoms with Gasteiger partial charge in [0.1, 0.15) is 0 Å². The summed E-state index contributed by atoms with van der Waals surface area (Å²) in [5, 5.41) is 17.4. The first-order valence-corrected chi connectivity index (χ1v) is 5.40. The lowest BCUT2D eigenvalue weighted by Gasteiger charge is -2.03. The Bertz CT molecular complexity index is 314. The molecule has 0 aromatic heterocycles. The summed E-state index contributed by atoms with van der Waals surface area (Å²) in [5.41, 5.74) is 0. The van der Waals surface area contributed by atoms with Gasteiger partial charge in [-0.05, 0) is 32.1 Å². The van der Waals surface area contributed by atoms with Gasteiger partial charge in [-0.25, -0.2) is 6.57 Å². The van der Waals surface area contributed by atoms with Gasteiger partial charge in [-0.3, -0.25) is 4.85 Å². The van der Waals surface area contributed by atoms with Crippen LogP contribution < -0.4 is 0 Å². The van der Waals surface area contributed by atoms with Crippen LogP contribution in [0.3, 0.4) is 0 Å². The van der Waals surface area contributed by atoms with E-state index < -0.39 is 5.72 Å². The van der Waals surface area contributed by atoms with E-state index in [0.717, 1.165) is 31.3 Å². The molecule has 0 aromatic carbocycles. The van der Waals surface area contributed by atoms with Gasteiger partial charge >= 0.3 is 5.72 Å². The molecule has 0 saturated heterocycles. The topological polar surface area (TPSA) is 48.4 Å². The van der Waals surface area contributed by atoms with E-state index in [0.29, 0.717) is 12.8 Å². The van der Waals surface area contributed by atoms with E-state index in [2.05, 4.69) is 10.9 Å². The van der Waals surface area contributed by atoms with E-state index >= 15 is 0 Å². The van der Waals surface area contributed by atoms with Gasteiger partial charge in [0.2, 0.25) is 0 Å². The third-order valence-corrected chi connectivity index (χ3v) is 2.80. The Balaban J connectivity index is 0.000000267. The minimum atomic E-state index is -0.972. The molecule has 1 N–H and O–H groups in total. The SMILES string of the molecule is C.N#CC1=CCCC1.[C-]#[N+]C1(O)CCCC1. The average Bonchev–Trinajstić information content (AvgIpc) is 2.90. The molecule has 0 amide bonds. The van der Waals surface area contributed by atoms with Crippen molar-refractivity contribution in [2.45, 2.75) is 58.1 Å². The number of nitriles is 1. The molecule has 0 aromatic rings. The normalized spacial score (nSPS) is 20.6. The van der Waals surface area contributed by atoms with Crippen LogP contribution in [0.5, 0.6) is 0 Å². The Morgan fingerprint density at radius 1 is 1.38 bits per heavy atom. The molecule has 88 valence electrons. The molecule has 16 heavy (non-hydrogen) atoms. The van der Waals surface area contributed by atoms with Gasteiger partial charge in [-0.1, -0.05) is 13.5 Å². The summed E-state index contributed by atoms with van der Waals surface area (Å²) < 4.78 is 0. The highest BCUT2D eigenvalue weighted by Crippen LogP contribution is 2.29. The Morgan fingerprint density at radius 3 is 2.25 bits per heavy atom. The summed E-state index contributed by atoms with van der Waals surface area (Å²) in [4.78, 5) is 3.12. The highest BCUT2D eigenvalue weighted by atomic mass is 16.3. The van der Waals surface area contributed by atoms with E-state index in [4.69, 9.17) is 16.9 Å². The summed E-state index contributed by atoms with van der Waals surface area (Å²) >= 11 is 0. The maximum atomic E-state index is 9.15. The smallest absolute Gasteiger partial charge is 0.324 e. The van der Waals surface area contributed by atoms with Crippen LogP contribution in [0.15, 0.2) is 11.6 Å². The van der Waals surface area contributed by atoms with Crippen molar-refractivity contribution in [3.8, 4) is 6.07 Å². The molecule has 3 heteroatoms. The monoisotopic (exact) mass is 220 g/mol. The molecule has 2 aliphatic rings. The maximum absolute atomic E-state index is 9.15. The lowest BCUT2D eigenvalue weighted by Crippen LogP contribution is -2.17. The van der Waals surface area contributed by atoms with Crippen molar-refractivity contribution in [3.05, 3.63) is 23.1 Å². The highest BCUT2D eigenvalue weighted by molar-refractivity contribution is 5.23. The zero-order valence-electron chi connectivity index (χ0n) is 8.87. The Hall–Kier alpha value is -1.32. The number of nitrogens with zero attached hydrogens (tertiary/aromatic N) is 2. The van der Waals surface area contributed by atoms with Crippen LogP contribution in [-0.2, 0) is 0 Å². The second-order valence-corrected chi connectivity index (χ2v) is 4.03. The zero-order chi connectivity index (χ0) is 11.1. The third kappa shape index (κ3) is 4.47. The van der Waals surface area contributed by atoms with Crippen molar-refractivity contribution in [2.24, 2.45) is 0 Å². The van der Waals surface area contributed by atoms with Gasteiger partial charge in [0.15, 0.2) is 0 Å². The average molecular weight is 220 g/mol. The van der Waals surface area contributed by atoms with Crippen molar-refractivity contribution in [3.63, 3.8) is 0 Å². The molecule has 0 heterocycles. The first-order chi connectivity index (χ1) is 7.20. The largest absolute Gasteiger partial charge is 0.334 e. The zero-order valence-corrected chi connectivity index (χ0v) is 8.87. The lowest BCUT2D eigenvalue weighted by molar-refractivity contribution is 0.0965. The highest BCUT2D eigenvalue weighted by Gasteiger charge is 2.36. The molecule has 0 radical (unpaired) electrons. The van der Waals surface area contributed by atoms with Crippen LogP contribution >= 0.6 is 0 Å². The van der Waals surface area contributed by atoms with Crippen molar-refractivity contribution < 1.29 is 5.11 Å². The summed E-state index contributed by atoms with van der Waals surface area (Å²) in [5.74, 6) is 0. The van der Waals surface area contributed by atoms with E-state index in [1.165, 1.54) is 6.42 Å².